The maximum absolute atomic E-state index is 13.0. The van der Waals surface area contributed by atoms with Gasteiger partial charge >= 0.3 is 6.09 Å². The second-order valence-corrected chi connectivity index (χ2v) is 7.62. The summed E-state index contributed by atoms with van der Waals surface area (Å²) in [6, 6.07) is 7.11. The van der Waals surface area contributed by atoms with Crippen LogP contribution in [0.4, 0.5) is 9.18 Å². The van der Waals surface area contributed by atoms with Crippen molar-refractivity contribution in [3.8, 4) is 0 Å². The van der Waals surface area contributed by atoms with Crippen molar-refractivity contribution in [2.75, 3.05) is 6.54 Å². The van der Waals surface area contributed by atoms with Gasteiger partial charge in [0.25, 0.3) is 0 Å². The van der Waals surface area contributed by atoms with Gasteiger partial charge in [0, 0.05) is 18.6 Å². The van der Waals surface area contributed by atoms with Gasteiger partial charge < -0.3 is 15.4 Å². The van der Waals surface area contributed by atoms with E-state index in [1.807, 2.05) is 32.9 Å². The molecule has 3 unspecified atom stereocenters. The molecular weight excluding hydrogens is 307 g/mol. The van der Waals surface area contributed by atoms with E-state index in [9.17, 15) is 9.18 Å². The molecule has 0 radical (unpaired) electrons. The van der Waals surface area contributed by atoms with Crippen LogP contribution in [-0.2, 0) is 4.74 Å². The second-order valence-electron chi connectivity index (χ2n) is 7.62. The molecule has 1 saturated carbocycles. The Morgan fingerprint density at radius 3 is 2.58 bits per heavy atom. The summed E-state index contributed by atoms with van der Waals surface area (Å²) < 4.78 is 18.3. The summed E-state index contributed by atoms with van der Waals surface area (Å²) in [7, 11) is 0. The smallest absolute Gasteiger partial charge is 0.407 e. The number of halogens is 1. The Morgan fingerprint density at radius 1 is 1.29 bits per heavy atom. The maximum Gasteiger partial charge on any atom is 0.407 e. The standard InChI is InChI=1S/C19H29FN2O2/c1-13(14-8-10-16(20)11-9-14)22-17-7-5-6-15(17)12-21-18(23)24-19(2,3)4/h8-11,13,15,17,22H,5-7,12H2,1-4H3,(H,21,23). The Morgan fingerprint density at radius 2 is 1.96 bits per heavy atom. The first-order valence-electron chi connectivity index (χ1n) is 8.73. The lowest BCUT2D eigenvalue weighted by Gasteiger charge is -2.26. The third-order valence-electron chi connectivity index (χ3n) is 4.40. The van der Waals surface area contributed by atoms with Gasteiger partial charge in [-0.1, -0.05) is 18.6 Å². The van der Waals surface area contributed by atoms with Crippen LogP contribution in [0.2, 0.25) is 0 Å². The fourth-order valence-electron chi connectivity index (χ4n) is 3.20. The third-order valence-corrected chi connectivity index (χ3v) is 4.40. The van der Waals surface area contributed by atoms with E-state index < -0.39 is 5.60 Å². The predicted octanol–water partition coefficient (Wildman–Crippen LogP) is 4.17. The lowest BCUT2D eigenvalue weighted by molar-refractivity contribution is 0.0517. The molecule has 3 atom stereocenters. The van der Waals surface area contributed by atoms with Crippen molar-refractivity contribution in [2.24, 2.45) is 5.92 Å². The average molecular weight is 336 g/mol. The van der Waals surface area contributed by atoms with Crippen molar-refractivity contribution in [2.45, 2.75) is 64.6 Å². The Kier molecular flexibility index (Phi) is 6.21. The molecule has 0 aromatic heterocycles. The highest BCUT2D eigenvalue weighted by molar-refractivity contribution is 5.67. The summed E-state index contributed by atoms with van der Waals surface area (Å²) in [5.74, 6) is 0.173. The van der Waals surface area contributed by atoms with Crippen molar-refractivity contribution in [1.29, 1.82) is 0 Å². The van der Waals surface area contributed by atoms with Crippen LogP contribution in [0.1, 0.15) is 58.6 Å². The SMILES string of the molecule is CC(NC1CCCC1CNC(=O)OC(C)(C)C)c1ccc(F)cc1. The van der Waals surface area contributed by atoms with Gasteiger partial charge in [0.1, 0.15) is 11.4 Å². The zero-order valence-corrected chi connectivity index (χ0v) is 15.1. The number of ether oxygens (including phenoxy) is 1. The molecule has 4 nitrogen and oxygen atoms in total. The van der Waals surface area contributed by atoms with Gasteiger partial charge in [0.15, 0.2) is 0 Å². The van der Waals surface area contributed by atoms with E-state index in [4.69, 9.17) is 4.74 Å². The average Bonchev–Trinajstić information content (AvgIpc) is 2.91. The zero-order valence-electron chi connectivity index (χ0n) is 15.1. The first-order chi connectivity index (χ1) is 11.2. The molecule has 24 heavy (non-hydrogen) atoms. The number of amides is 1. The Hall–Kier alpha value is -1.62. The van der Waals surface area contributed by atoms with Crippen LogP contribution in [0.25, 0.3) is 0 Å². The largest absolute Gasteiger partial charge is 0.444 e. The van der Waals surface area contributed by atoms with Crippen molar-refractivity contribution in [3.05, 3.63) is 35.6 Å². The second kappa shape index (κ2) is 7.97. The molecule has 0 aliphatic heterocycles. The molecule has 1 aliphatic rings. The number of hydrogen-bond acceptors (Lipinski definition) is 3. The van der Waals surface area contributed by atoms with Gasteiger partial charge in [0.2, 0.25) is 0 Å². The highest BCUT2D eigenvalue weighted by Gasteiger charge is 2.29. The number of hydrogen-bond donors (Lipinski definition) is 2. The van der Waals surface area contributed by atoms with Crippen molar-refractivity contribution in [3.63, 3.8) is 0 Å². The quantitative estimate of drug-likeness (QED) is 0.848. The molecule has 0 saturated heterocycles. The predicted molar refractivity (Wildman–Crippen MR) is 93.3 cm³/mol. The molecule has 1 aromatic carbocycles. The summed E-state index contributed by atoms with van der Waals surface area (Å²) in [5, 5.41) is 6.50. The lowest BCUT2D eigenvalue weighted by atomic mass is 10.0. The Balaban J connectivity index is 1.84. The van der Waals surface area contributed by atoms with Crippen LogP contribution < -0.4 is 10.6 Å². The van der Waals surface area contributed by atoms with Gasteiger partial charge in [-0.3, -0.25) is 0 Å². The molecule has 5 heteroatoms. The molecule has 0 spiro atoms. The van der Waals surface area contributed by atoms with Crippen LogP contribution >= 0.6 is 0 Å². The molecule has 1 aliphatic carbocycles. The molecule has 2 N–H and O–H groups in total. The van der Waals surface area contributed by atoms with Gasteiger partial charge in [-0.25, -0.2) is 9.18 Å². The van der Waals surface area contributed by atoms with E-state index in [-0.39, 0.29) is 18.0 Å². The van der Waals surface area contributed by atoms with Gasteiger partial charge in [-0.05, 0) is 64.2 Å². The van der Waals surface area contributed by atoms with E-state index in [0.717, 1.165) is 24.8 Å². The number of carbonyl (C=O) groups excluding carboxylic acids is 1. The molecule has 0 heterocycles. The minimum Gasteiger partial charge on any atom is -0.444 e. The normalized spacial score (nSPS) is 22.2. The van der Waals surface area contributed by atoms with Crippen LogP contribution in [0.15, 0.2) is 24.3 Å². The first kappa shape index (κ1) is 18.7. The fourth-order valence-corrected chi connectivity index (χ4v) is 3.20. The van der Waals surface area contributed by atoms with Gasteiger partial charge in [-0.2, -0.15) is 0 Å². The van der Waals surface area contributed by atoms with Crippen LogP contribution in [-0.4, -0.2) is 24.3 Å². The fraction of sp³-hybridized carbons (Fsp3) is 0.632. The van der Waals surface area contributed by atoms with Crippen LogP contribution in [0, 0.1) is 11.7 Å². The Labute approximate surface area is 144 Å². The molecule has 1 amide bonds. The van der Waals surface area contributed by atoms with Crippen molar-refractivity contribution in [1.82, 2.24) is 10.6 Å². The summed E-state index contributed by atoms with van der Waals surface area (Å²) in [6.45, 7) is 8.28. The van der Waals surface area contributed by atoms with Gasteiger partial charge in [0.05, 0.1) is 0 Å². The number of nitrogens with one attached hydrogen (secondary N) is 2. The molecule has 0 bridgehead atoms. The topological polar surface area (TPSA) is 50.4 Å². The van der Waals surface area contributed by atoms with E-state index in [1.54, 1.807) is 0 Å². The summed E-state index contributed by atoms with van der Waals surface area (Å²) >= 11 is 0. The van der Waals surface area contributed by atoms with E-state index in [1.165, 1.54) is 12.1 Å². The summed E-state index contributed by atoms with van der Waals surface area (Å²) in [6.07, 6.45) is 2.96. The molecule has 1 fully saturated rings. The molecule has 1 aromatic rings. The highest BCUT2D eigenvalue weighted by Crippen LogP contribution is 2.27. The molecular formula is C19H29FN2O2. The maximum atomic E-state index is 13.0. The van der Waals surface area contributed by atoms with E-state index >= 15 is 0 Å². The number of alkyl carbamates (subject to hydrolysis) is 1. The summed E-state index contributed by atoms with van der Waals surface area (Å²) in [4.78, 5) is 11.8. The van der Waals surface area contributed by atoms with E-state index in [0.29, 0.717) is 18.5 Å². The Bertz CT molecular complexity index is 539. The van der Waals surface area contributed by atoms with Crippen LogP contribution in [0.5, 0.6) is 0 Å². The van der Waals surface area contributed by atoms with Crippen LogP contribution in [0.3, 0.4) is 0 Å². The minimum atomic E-state index is -0.478. The van der Waals surface area contributed by atoms with Gasteiger partial charge in [-0.15, -0.1) is 0 Å². The number of benzene rings is 1. The lowest BCUT2D eigenvalue weighted by Crippen LogP contribution is -2.41. The summed E-state index contributed by atoms with van der Waals surface area (Å²) in [5.41, 5.74) is 0.594. The highest BCUT2D eigenvalue weighted by atomic mass is 19.1. The first-order valence-corrected chi connectivity index (χ1v) is 8.73. The number of carbonyl (C=O) groups is 1. The number of rotatable bonds is 5. The molecule has 134 valence electrons. The van der Waals surface area contributed by atoms with Crippen molar-refractivity contribution < 1.29 is 13.9 Å². The monoisotopic (exact) mass is 336 g/mol. The minimum absolute atomic E-state index is 0.151. The van der Waals surface area contributed by atoms with E-state index in [2.05, 4.69) is 17.6 Å². The molecule has 2 rings (SSSR count). The zero-order chi connectivity index (χ0) is 17.7. The van der Waals surface area contributed by atoms with Crippen molar-refractivity contribution >= 4 is 6.09 Å². The third kappa shape index (κ3) is 5.78.